The Kier molecular flexibility index (Phi) is 4.66. The summed E-state index contributed by atoms with van der Waals surface area (Å²) in [5, 5.41) is 7.48. The van der Waals surface area contributed by atoms with Gasteiger partial charge in [0.25, 0.3) is 0 Å². The minimum Gasteiger partial charge on any atom is -0.497 e. The molecule has 0 aliphatic rings. The number of nitrogens with two attached hydrogens (primary N) is 1. The summed E-state index contributed by atoms with van der Waals surface area (Å²) in [6.07, 6.45) is 0. The van der Waals surface area contributed by atoms with Crippen molar-refractivity contribution in [1.82, 2.24) is 0 Å². The van der Waals surface area contributed by atoms with Crippen LogP contribution in [0.2, 0.25) is 0 Å². The SMILES string of the molecule is COc1ccc(OCc2ccc(C(=N)N)c(OC)c2)cc1. The summed E-state index contributed by atoms with van der Waals surface area (Å²) in [5.41, 5.74) is 7.01. The van der Waals surface area contributed by atoms with Crippen LogP contribution in [0.15, 0.2) is 42.5 Å². The maximum Gasteiger partial charge on any atom is 0.130 e. The van der Waals surface area contributed by atoms with E-state index in [0.717, 1.165) is 17.1 Å². The first kappa shape index (κ1) is 14.7. The molecule has 2 aromatic rings. The first-order valence-corrected chi connectivity index (χ1v) is 6.42. The van der Waals surface area contributed by atoms with E-state index in [9.17, 15) is 0 Å². The van der Waals surface area contributed by atoms with Crippen LogP contribution in [-0.2, 0) is 6.61 Å². The lowest BCUT2D eigenvalue weighted by molar-refractivity contribution is 0.304. The van der Waals surface area contributed by atoms with Crippen molar-refractivity contribution in [2.75, 3.05) is 14.2 Å². The van der Waals surface area contributed by atoms with Gasteiger partial charge in [-0.05, 0) is 42.0 Å². The van der Waals surface area contributed by atoms with Crippen LogP contribution in [0.3, 0.4) is 0 Å². The molecule has 0 bridgehead atoms. The smallest absolute Gasteiger partial charge is 0.130 e. The van der Waals surface area contributed by atoms with Gasteiger partial charge in [0.2, 0.25) is 0 Å². The van der Waals surface area contributed by atoms with E-state index in [2.05, 4.69) is 0 Å². The van der Waals surface area contributed by atoms with Crippen molar-refractivity contribution >= 4 is 5.84 Å². The Bertz CT molecular complexity index is 624. The number of hydrogen-bond acceptors (Lipinski definition) is 4. The summed E-state index contributed by atoms with van der Waals surface area (Å²) >= 11 is 0. The van der Waals surface area contributed by atoms with Gasteiger partial charge in [0.05, 0.1) is 19.8 Å². The Balaban J connectivity index is 2.07. The highest BCUT2D eigenvalue weighted by Gasteiger charge is 2.07. The molecular formula is C16H18N2O3. The van der Waals surface area contributed by atoms with Crippen LogP contribution in [-0.4, -0.2) is 20.1 Å². The summed E-state index contributed by atoms with van der Waals surface area (Å²) < 4.78 is 16.0. The zero-order valence-electron chi connectivity index (χ0n) is 12.1. The van der Waals surface area contributed by atoms with Crippen molar-refractivity contribution in [2.24, 2.45) is 5.73 Å². The maximum absolute atomic E-state index is 7.48. The number of hydrogen-bond donors (Lipinski definition) is 2. The van der Waals surface area contributed by atoms with Gasteiger partial charge in [-0.15, -0.1) is 0 Å². The van der Waals surface area contributed by atoms with Crippen molar-refractivity contribution in [3.05, 3.63) is 53.6 Å². The number of rotatable bonds is 6. The fraction of sp³-hybridized carbons (Fsp3) is 0.188. The molecule has 0 unspecified atom stereocenters. The minimum atomic E-state index is -0.0190. The highest BCUT2D eigenvalue weighted by atomic mass is 16.5. The van der Waals surface area contributed by atoms with Gasteiger partial charge in [-0.25, -0.2) is 0 Å². The fourth-order valence-electron chi connectivity index (χ4n) is 1.89. The van der Waals surface area contributed by atoms with Crippen molar-refractivity contribution < 1.29 is 14.2 Å². The Morgan fingerprint density at radius 1 is 1.00 bits per heavy atom. The number of methoxy groups -OCH3 is 2. The molecule has 2 rings (SSSR count). The van der Waals surface area contributed by atoms with E-state index in [0.29, 0.717) is 17.9 Å². The average Bonchev–Trinajstić information content (AvgIpc) is 2.52. The van der Waals surface area contributed by atoms with Crippen LogP contribution in [0, 0.1) is 5.41 Å². The van der Waals surface area contributed by atoms with E-state index in [1.54, 1.807) is 20.3 Å². The number of benzene rings is 2. The zero-order chi connectivity index (χ0) is 15.2. The second kappa shape index (κ2) is 6.65. The van der Waals surface area contributed by atoms with Crippen LogP contribution in [0.5, 0.6) is 17.2 Å². The number of ether oxygens (including phenoxy) is 3. The fourth-order valence-corrected chi connectivity index (χ4v) is 1.89. The Morgan fingerprint density at radius 2 is 1.67 bits per heavy atom. The quantitative estimate of drug-likeness (QED) is 0.632. The maximum atomic E-state index is 7.48. The second-order valence-electron chi connectivity index (χ2n) is 4.41. The average molecular weight is 286 g/mol. The molecule has 0 aliphatic heterocycles. The first-order valence-electron chi connectivity index (χ1n) is 6.42. The molecule has 0 saturated heterocycles. The highest BCUT2D eigenvalue weighted by Crippen LogP contribution is 2.22. The first-order chi connectivity index (χ1) is 10.1. The monoisotopic (exact) mass is 286 g/mol. The number of nitrogens with one attached hydrogen (secondary N) is 1. The molecule has 0 atom stereocenters. The predicted octanol–water partition coefficient (Wildman–Crippen LogP) is 2.57. The molecule has 0 spiro atoms. The van der Waals surface area contributed by atoms with Gasteiger partial charge in [-0.2, -0.15) is 0 Å². The Hall–Kier alpha value is -2.69. The van der Waals surface area contributed by atoms with Crippen LogP contribution >= 0.6 is 0 Å². The lowest BCUT2D eigenvalue weighted by atomic mass is 10.1. The molecule has 2 aromatic carbocycles. The lowest BCUT2D eigenvalue weighted by Gasteiger charge is -2.11. The van der Waals surface area contributed by atoms with Crippen LogP contribution in [0.4, 0.5) is 0 Å². The molecule has 0 saturated carbocycles. The molecule has 0 radical (unpaired) electrons. The molecule has 3 N–H and O–H groups in total. The second-order valence-corrected chi connectivity index (χ2v) is 4.41. The van der Waals surface area contributed by atoms with Crippen LogP contribution < -0.4 is 19.9 Å². The third kappa shape index (κ3) is 3.66. The van der Waals surface area contributed by atoms with Gasteiger partial charge in [-0.1, -0.05) is 6.07 Å². The number of amidine groups is 1. The summed E-state index contributed by atoms with van der Waals surface area (Å²) in [6, 6.07) is 12.8. The van der Waals surface area contributed by atoms with E-state index < -0.39 is 0 Å². The van der Waals surface area contributed by atoms with Crippen LogP contribution in [0.1, 0.15) is 11.1 Å². The van der Waals surface area contributed by atoms with Crippen LogP contribution in [0.25, 0.3) is 0 Å². The van der Waals surface area contributed by atoms with Gasteiger partial charge < -0.3 is 19.9 Å². The van der Waals surface area contributed by atoms with E-state index in [4.69, 9.17) is 25.4 Å². The molecule has 5 nitrogen and oxygen atoms in total. The van der Waals surface area contributed by atoms with Crippen molar-refractivity contribution in [2.45, 2.75) is 6.61 Å². The molecular weight excluding hydrogens is 268 g/mol. The molecule has 110 valence electrons. The van der Waals surface area contributed by atoms with Crippen molar-refractivity contribution in [3.63, 3.8) is 0 Å². The van der Waals surface area contributed by atoms with E-state index in [1.807, 2.05) is 36.4 Å². The zero-order valence-corrected chi connectivity index (χ0v) is 12.1. The summed E-state index contributed by atoms with van der Waals surface area (Å²) in [5.74, 6) is 2.09. The molecule has 21 heavy (non-hydrogen) atoms. The van der Waals surface area contributed by atoms with Gasteiger partial charge >= 0.3 is 0 Å². The molecule has 0 aromatic heterocycles. The highest BCUT2D eigenvalue weighted by molar-refractivity contribution is 5.97. The van der Waals surface area contributed by atoms with E-state index in [1.165, 1.54) is 0 Å². The van der Waals surface area contributed by atoms with Gasteiger partial charge in [0, 0.05) is 0 Å². The molecule has 0 heterocycles. The third-order valence-electron chi connectivity index (χ3n) is 3.02. The van der Waals surface area contributed by atoms with Crippen molar-refractivity contribution in [3.8, 4) is 17.2 Å². The molecule has 0 fully saturated rings. The van der Waals surface area contributed by atoms with Gasteiger partial charge in [-0.3, -0.25) is 5.41 Å². The summed E-state index contributed by atoms with van der Waals surface area (Å²) in [6.45, 7) is 0.404. The largest absolute Gasteiger partial charge is 0.497 e. The Morgan fingerprint density at radius 3 is 2.24 bits per heavy atom. The summed E-state index contributed by atoms with van der Waals surface area (Å²) in [7, 11) is 3.18. The van der Waals surface area contributed by atoms with Gasteiger partial charge in [0.1, 0.15) is 29.7 Å². The van der Waals surface area contributed by atoms with E-state index in [-0.39, 0.29) is 5.84 Å². The van der Waals surface area contributed by atoms with E-state index >= 15 is 0 Å². The molecule has 0 aliphatic carbocycles. The standard InChI is InChI=1S/C16H18N2O3/c1-19-12-4-6-13(7-5-12)21-10-11-3-8-14(16(17)18)15(9-11)20-2/h3-9H,10H2,1-2H3,(H3,17,18). The Labute approximate surface area is 123 Å². The molecule has 0 amide bonds. The lowest BCUT2D eigenvalue weighted by Crippen LogP contribution is -2.12. The molecule has 5 heteroatoms. The number of nitrogen functional groups attached to an aromatic ring is 1. The summed E-state index contributed by atoms with van der Waals surface area (Å²) in [4.78, 5) is 0. The topological polar surface area (TPSA) is 77.6 Å². The van der Waals surface area contributed by atoms with Crippen molar-refractivity contribution in [1.29, 1.82) is 5.41 Å². The minimum absolute atomic E-state index is 0.0190. The van der Waals surface area contributed by atoms with Gasteiger partial charge in [0.15, 0.2) is 0 Å². The predicted molar refractivity (Wildman–Crippen MR) is 81.3 cm³/mol. The third-order valence-corrected chi connectivity index (χ3v) is 3.02. The normalized spacial score (nSPS) is 10.0.